The number of carbonyl (C=O) groups excluding carboxylic acids is 1. The van der Waals surface area contributed by atoms with Crippen molar-refractivity contribution in [2.24, 2.45) is 0 Å². The number of hydrogen-bond donors (Lipinski definition) is 1. The molecular formula is C17H23F2NO3. The first kappa shape index (κ1) is 17.8. The van der Waals surface area contributed by atoms with Crippen LogP contribution in [0.25, 0.3) is 0 Å². The predicted octanol–water partition coefficient (Wildman–Crippen LogP) is 2.46. The van der Waals surface area contributed by atoms with Crippen LogP contribution in [0.4, 0.5) is 8.78 Å². The van der Waals surface area contributed by atoms with Gasteiger partial charge in [0.25, 0.3) is 0 Å². The van der Waals surface area contributed by atoms with Crippen molar-refractivity contribution in [2.75, 3.05) is 26.3 Å². The van der Waals surface area contributed by atoms with E-state index in [9.17, 15) is 13.6 Å². The number of benzene rings is 1. The molecule has 1 aliphatic rings. The second-order valence-corrected chi connectivity index (χ2v) is 5.83. The van der Waals surface area contributed by atoms with Crippen LogP contribution < -0.4 is 0 Å². The first-order valence-corrected chi connectivity index (χ1v) is 7.99. The molecule has 2 rings (SSSR count). The van der Waals surface area contributed by atoms with Crippen molar-refractivity contribution in [3.05, 3.63) is 35.4 Å². The highest BCUT2D eigenvalue weighted by atomic mass is 19.1. The minimum Gasteiger partial charge on any atom is -0.396 e. The lowest BCUT2D eigenvalue weighted by Crippen LogP contribution is -2.43. The quantitative estimate of drug-likeness (QED) is 0.817. The summed E-state index contributed by atoms with van der Waals surface area (Å²) in [6, 6.07) is 3.63. The van der Waals surface area contributed by atoms with Gasteiger partial charge in [-0.2, -0.15) is 0 Å². The van der Waals surface area contributed by atoms with Crippen LogP contribution in [-0.2, 0) is 9.53 Å². The van der Waals surface area contributed by atoms with Crippen LogP contribution in [0.2, 0.25) is 0 Å². The molecule has 0 spiro atoms. The summed E-state index contributed by atoms with van der Waals surface area (Å²) in [6.45, 7) is 3.18. The summed E-state index contributed by atoms with van der Waals surface area (Å²) >= 11 is 0. The van der Waals surface area contributed by atoms with Crippen LogP contribution in [0, 0.1) is 11.6 Å². The van der Waals surface area contributed by atoms with Crippen molar-refractivity contribution < 1.29 is 23.4 Å². The maximum atomic E-state index is 13.8. The molecule has 0 aromatic heterocycles. The highest BCUT2D eigenvalue weighted by Crippen LogP contribution is 2.26. The number of halogens is 2. The molecule has 1 unspecified atom stereocenters. The normalized spacial score (nSPS) is 17.3. The summed E-state index contributed by atoms with van der Waals surface area (Å²) in [5, 5.41) is 8.73. The Hall–Kier alpha value is -1.53. The summed E-state index contributed by atoms with van der Waals surface area (Å²) < 4.78 is 33.2. The summed E-state index contributed by atoms with van der Waals surface area (Å²) in [7, 11) is 0. The Balaban J connectivity index is 1.92. The van der Waals surface area contributed by atoms with Crippen LogP contribution in [0.5, 0.6) is 0 Å². The molecule has 0 radical (unpaired) electrons. The van der Waals surface area contributed by atoms with E-state index in [1.54, 1.807) is 4.90 Å². The van der Waals surface area contributed by atoms with E-state index in [0.717, 1.165) is 0 Å². The van der Waals surface area contributed by atoms with Gasteiger partial charge >= 0.3 is 0 Å². The molecule has 4 nitrogen and oxygen atoms in total. The van der Waals surface area contributed by atoms with Crippen molar-refractivity contribution in [1.29, 1.82) is 0 Å². The average Bonchev–Trinajstić information content (AvgIpc) is 2.55. The molecule has 1 fully saturated rings. The molecular weight excluding hydrogens is 304 g/mol. The number of amides is 1. The number of aliphatic hydroxyl groups excluding tert-OH is 1. The van der Waals surface area contributed by atoms with E-state index in [4.69, 9.17) is 9.84 Å². The Bertz CT molecular complexity index is 510. The third-order valence-corrected chi connectivity index (χ3v) is 4.21. The van der Waals surface area contributed by atoms with Crippen molar-refractivity contribution in [3.8, 4) is 0 Å². The number of carbonyl (C=O) groups is 1. The van der Waals surface area contributed by atoms with Gasteiger partial charge < -0.3 is 14.7 Å². The van der Waals surface area contributed by atoms with Crippen LogP contribution in [-0.4, -0.2) is 48.3 Å². The third-order valence-electron chi connectivity index (χ3n) is 4.21. The van der Waals surface area contributed by atoms with E-state index >= 15 is 0 Å². The van der Waals surface area contributed by atoms with E-state index in [-0.39, 0.29) is 24.2 Å². The second-order valence-electron chi connectivity index (χ2n) is 5.83. The number of nitrogens with zero attached hydrogens (tertiary/aromatic N) is 1. The number of ether oxygens (including phenoxy) is 1. The molecule has 1 amide bonds. The zero-order valence-corrected chi connectivity index (χ0v) is 13.3. The van der Waals surface area contributed by atoms with Crippen molar-refractivity contribution in [1.82, 2.24) is 4.90 Å². The number of hydrogen-bond acceptors (Lipinski definition) is 3. The van der Waals surface area contributed by atoms with Crippen LogP contribution in [0.15, 0.2) is 18.2 Å². The molecule has 23 heavy (non-hydrogen) atoms. The fourth-order valence-corrected chi connectivity index (χ4v) is 2.88. The van der Waals surface area contributed by atoms with E-state index in [1.165, 1.54) is 25.1 Å². The van der Waals surface area contributed by atoms with Gasteiger partial charge in [-0.15, -0.1) is 0 Å². The van der Waals surface area contributed by atoms with Crippen LogP contribution >= 0.6 is 0 Å². The summed E-state index contributed by atoms with van der Waals surface area (Å²) in [5.41, 5.74) is -0.168. The lowest BCUT2D eigenvalue weighted by Gasteiger charge is -2.33. The lowest BCUT2D eigenvalue weighted by atomic mass is 9.97. The fourth-order valence-electron chi connectivity index (χ4n) is 2.88. The smallest absolute Gasteiger partial charge is 0.230 e. The lowest BCUT2D eigenvalue weighted by molar-refractivity contribution is -0.135. The van der Waals surface area contributed by atoms with Gasteiger partial charge in [0, 0.05) is 31.9 Å². The zero-order valence-electron chi connectivity index (χ0n) is 13.3. The molecule has 128 valence electrons. The Morgan fingerprint density at radius 1 is 1.35 bits per heavy atom. The average molecular weight is 327 g/mol. The molecule has 0 saturated carbocycles. The maximum absolute atomic E-state index is 13.8. The first-order chi connectivity index (χ1) is 11.0. The van der Waals surface area contributed by atoms with Gasteiger partial charge in [-0.1, -0.05) is 6.07 Å². The van der Waals surface area contributed by atoms with Gasteiger partial charge in [0.1, 0.15) is 11.6 Å². The first-order valence-electron chi connectivity index (χ1n) is 7.99. The number of aliphatic hydroxyl groups is 1. The summed E-state index contributed by atoms with van der Waals surface area (Å²) in [4.78, 5) is 14.1. The third kappa shape index (κ3) is 4.48. The molecule has 0 bridgehead atoms. The maximum Gasteiger partial charge on any atom is 0.230 e. The van der Waals surface area contributed by atoms with Crippen molar-refractivity contribution >= 4 is 5.91 Å². The van der Waals surface area contributed by atoms with Gasteiger partial charge in [0.15, 0.2) is 0 Å². The molecule has 6 heteroatoms. The number of rotatable bonds is 6. The van der Waals surface area contributed by atoms with E-state index in [0.29, 0.717) is 39.0 Å². The molecule has 1 aliphatic heterocycles. The minimum absolute atomic E-state index is 0.0751. The monoisotopic (exact) mass is 327 g/mol. The Kier molecular flexibility index (Phi) is 6.47. The fraction of sp³-hybridized carbons (Fsp3) is 0.588. The zero-order chi connectivity index (χ0) is 16.8. The number of likely N-dealkylation sites (tertiary alicyclic amines) is 1. The van der Waals surface area contributed by atoms with Gasteiger partial charge in [0.05, 0.1) is 12.0 Å². The summed E-state index contributed by atoms with van der Waals surface area (Å²) in [6.07, 6.45) is 2.07. The van der Waals surface area contributed by atoms with Gasteiger partial charge in [-0.05, 0) is 38.3 Å². The molecule has 1 saturated heterocycles. The number of piperidine rings is 1. The van der Waals surface area contributed by atoms with Crippen LogP contribution in [0.3, 0.4) is 0 Å². The Morgan fingerprint density at radius 2 is 1.96 bits per heavy atom. The largest absolute Gasteiger partial charge is 0.396 e. The minimum atomic E-state index is -0.844. The van der Waals surface area contributed by atoms with Crippen molar-refractivity contribution in [3.63, 3.8) is 0 Å². The van der Waals surface area contributed by atoms with E-state index in [2.05, 4.69) is 0 Å². The van der Waals surface area contributed by atoms with E-state index in [1.807, 2.05) is 0 Å². The standard InChI is InChI=1S/C17H23F2NO3/c1-12(16-14(18)4-2-5-15(16)19)17(22)20-8-6-13(7-9-20)23-11-3-10-21/h2,4-5,12-13,21H,3,6-11H2,1H3. The molecule has 0 aliphatic carbocycles. The van der Waals surface area contributed by atoms with Gasteiger partial charge in [-0.25, -0.2) is 8.78 Å². The topological polar surface area (TPSA) is 49.8 Å². The van der Waals surface area contributed by atoms with Crippen molar-refractivity contribution in [2.45, 2.75) is 38.2 Å². The van der Waals surface area contributed by atoms with Crippen LogP contribution in [0.1, 0.15) is 37.7 Å². The molecule has 1 aromatic carbocycles. The Morgan fingerprint density at radius 3 is 2.52 bits per heavy atom. The highest BCUT2D eigenvalue weighted by molar-refractivity contribution is 5.83. The molecule has 1 heterocycles. The second kappa shape index (κ2) is 8.36. The Labute approximate surface area is 135 Å². The molecule has 1 N–H and O–H groups in total. The van der Waals surface area contributed by atoms with Gasteiger partial charge in [0.2, 0.25) is 5.91 Å². The van der Waals surface area contributed by atoms with E-state index < -0.39 is 17.6 Å². The molecule has 1 aromatic rings. The summed E-state index contributed by atoms with van der Waals surface area (Å²) in [5.74, 6) is -2.48. The molecule has 1 atom stereocenters. The van der Waals surface area contributed by atoms with Gasteiger partial charge in [-0.3, -0.25) is 4.79 Å². The SMILES string of the molecule is CC(C(=O)N1CCC(OCCCO)CC1)c1c(F)cccc1F. The predicted molar refractivity (Wildman–Crippen MR) is 82.0 cm³/mol. The highest BCUT2D eigenvalue weighted by Gasteiger charge is 2.29.